The lowest BCUT2D eigenvalue weighted by atomic mass is 10.2. The summed E-state index contributed by atoms with van der Waals surface area (Å²) >= 11 is 5.83. The summed E-state index contributed by atoms with van der Waals surface area (Å²) in [7, 11) is 1.33. The van der Waals surface area contributed by atoms with Gasteiger partial charge in [-0.3, -0.25) is 9.59 Å². The molecule has 2 aromatic carbocycles. The van der Waals surface area contributed by atoms with Crippen LogP contribution in [0.3, 0.4) is 0 Å². The van der Waals surface area contributed by atoms with Crippen LogP contribution in [0.4, 0.5) is 0 Å². The molecule has 0 aliphatic carbocycles. The predicted molar refractivity (Wildman–Crippen MR) is 95.4 cm³/mol. The number of benzene rings is 2. The van der Waals surface area contributed by atoms with E-state index in [1.165, 1.54) is 7.11 Å². The van der Waals surface area contributed by atoms with Gasteiger partial charge < -0.3 is 14.4 Å². The summed E-state index contributed by atoms with van der Waals surface area (Å²) in [6, 6.07) is 16.4. The van der Waals surface area contributed by atoms with Crippen molar-refractivity contribution in [3.8, 4) is 5.75 Å². The van der Waals surface area contributed by atoms with E-state index in [1.54, 1.807) is 29.2 Å². The van der Waals surface area contributed by atoms with Gasteiger partial charge in [0.05, 0.1) is 13.5 Å². The number of methoxy groups -OCH3 is 1. The van der Waals surface area contributed by atoms with Crippen molar-refractivity contribution < 1.29 is 19.1 Å². The van der Waals surface area contributed by atoms with Crippen LogP contribution in [0.5, 0.6) is 5.75 Å². The summed E-state index contributed by atoms with van der Waals surface area (Å²) in [5.74, 6) is -0.00225. The van der Waals surface area contributed by atoms with Gasteiger partial charge in [0.15, 0.2) is 6.61 Å². The molecule has 0 unspecified atom stereocenters. The molecule has 0 saturated heterocycles. The van der Waals surface area contributed by atoms with Crippen LogP contribution < -0.4 is 4.74 Å². The van der Waals surface area contributed by atoms with Gasteiger partial charge in [-0.15, -0.1) is 0 Å². The van der Waals surface area contributed by atoms with Crippen molar-refractivity contribution in [1.29, 1.82) is 0 Å². The minimum absolute atomic E-state index is 0.115. The highest BCUT2D eigenvalue weighted by Crippen LogP contribution is 2.16. The van der Waals surface area contributed by atoms with Gasteiger partial charge in [-0.1, -0.05) is 41.9 Å². The van der Waals surface area contributed by atoms with Crippen LogP contribution in [0.1, 0.15) is 12.0 Å². The van der Waals surface area contributed by atoms with E-state index in [0.717, 1.165) is 5.56 Å². The van der Waals surface area contributed by atoms with Crippen LogP contribution in [0.15, 0.2) is 54.6 Å². The van der Waals surface area contributed by atoms with Crippen molar-refractivity contribution >= 4 is 23.5 Å². The number of carbonyl (C=O) groups excluding carboxylic acids is 2. The van der Waals surface area contributed by atoms with Gasteiger partial charge in [-0.25, -0.2) is 0 Å². The molecule has 0 heterocycles. The summed E-state index contributed by atoms with van der Waals surface area (Å²) in [6.45, 7) is 0.556. The second-order valence-corrected chi connectivity index (χ2v) is 5.81. The molecule has 0 saturated carbocycles. The average molecular weight is 362 g/mol. The summed E-state index contributed by atoms with van der Waals surface area (Å²) in [5, 5.41) is 0.599. The first-order valence-corrected chi connectivity index (χ1v) is 8.23. The molecule has 0 aromatic heterocycles. The number of ether oxygens (including phenoxy) is 2. The maximum absolute atomic E-state index is 12.5. The topological polar surface area (TPSA) is 55.8 Å². The molecule has 0 atom stereocenters. The molecule has 0 spiro atoms. The van der Waals surface area contributed by atoms with E-state index in [0.29, 0.717) is 17.3 Å². The normalized spacial score (nSPS) is 10.2. The van der Waals surface area contributed by atoms with Gasteiger partial charge in [0.25, 0.3) is 5.91 Å². The number of esters is 1. The minimum atomic E-state index is -0.357. The number of halogens is 1. The van der Waals surface area contributed by atoms with Crippen LogP contribution in [-0.4, -0.2) is 37.0 Å². The molecule has 1 amide bonds. The number of carbonyl (C=O) groups is 2. The number of hydrogen-bond donors (Lipinski definition) is 0. The Morgan fingerprint density at radius 2 is 1.72 bits per heavy atom. The SMILES string of the molecule is COC(=O)CCN(Cc1ccccc1)C(=O)COc1ccc(Cl)cc1. The third-order valence-corrected chi connectivity index (χ3v) is 3.81. The monoisotopic (exact) mass is 361 g/mol. The van der Waals surface area contributed by atoms with Crippen LogP contribution >= 0.6 is 11.6 Å². The smallest absolute Gasteiger partial charge is 0.307 e. The zero-order valence-electron chi connectivity index (χ0n) is 14.0. The largest absolute Gasteiger partial charge is 0.484 e. The van der Waals surface area contributed by atoms with Gasteiger partial charge in [0, 0.05) is 18.1 Å². The molecule has 0 aliphatic heterocycles. The first-order chi connectivity index (χ1) is 12.1. The Morgan fingerprint density at radius 3 is 2.36 bits per heavy atom. The van der Waals surface area contributed by atoms with E-state index >= 15 is 0 Å². The van der Waals surface area contributed by atoms with E-state index in [-0.39, 0.29) is 31.4 Å². The Morgan fingerprint density at radius 1 is 1.04 bits per heavy atom. The van der Waals surface area contributed by atoms with Crippen molar-refractivity contribution in [3.05, 3.63) is 65.2 Å². The van der Waals surface area contributed by atoms with E-state index in [4.69, 9.17) is 16.3 Å². The molecular formula is C19H20ClNO4. The third kappa shape index (κ3) is 6.47. The van der Waals surface area contributed by atoms with Gasteiger partial charge in [-0.05, 0) is 29.8 Å². The van der Waals surface area contributed by atoms with Crippen molar-refractivity contribution in [2.45, 2.75) is 13.0 Å². The Bertz CT molecular complexity index is 688. The van der Waals surface area contributed by atoms with Crippen molar-refractivity contribution in [1.82, 2.24) is 4.90 Å². The minimum Gasteiger partial charge on any atom is -0.484 e. The Hall–Kier alpha value is -2.53. The standard InChI is InChI=1S/C19H20ClNO4/c1-24-19(23)11-12-21(13-15-5-3-2-4-6-15)18(22)14-25-17-9-7-16(20)8-10-17/h2-10H,11-14H2,1H3. The quantitative estimate of drug-likeness (QED) is 0.677. The fourth-order valence-electron chi connectivity index (χ4n) is 2.19. The Labute approximate surface area is 152 Å². The van der Waals surface area contributed by atoms with E-state index in [2.05, 4.69) is 4.74 Å². The maximum Gasteiger partial charge on any atom is 0.307 e. The highest BCUT2D eigenvalue weighted by Gasteiger charge is 2.16. The van der Waals surface area contributed by atoms with Gasteiger partial charge in [0.2, 0.25) is 0 Å². The number of rotatable bonds is 8. The zero-order chi connectivity index (χ0) is 18.1. The molecule has 2 rings (SSSR count). The number of amides is 1. The van der Waals surface area contributed by atoms with E-state index < -0.39 is 0 Å². The van der Waals surface area contributed by atoms with Crippen molar-refractivity contribution in [2.75, 3.05) is 20.3 Å². The highest BCUT2D eigenvalue weighted by atomic mass is 35.5. The maximum atomic E-state index is 12.5. The lowest BCUT2D eigenvalue weighted by Gasteiger charge is -2.22. The molecule has 25 heavy (non-hydrogen) atoms. The molecule has 0 fully saturated rings. The van der Waals surface area contributed by atoms with E-state index in [1.807, 2.05) is 30.3 Å². The second-order valence-electron chi connectivity index (χ2n) is 5.37. The zero-order valence-corrected chi connectivity index (χ0v) is 14.7. The molecule has 5 nitrogen and oxygen atoms in total. The molecule has 6 heteroatoms. The van der Waals surface area contributed by atoms with E-state index in [9.17, 15) is 9.59 Å². The van der Waals surface area contributed by atoms with Crippen LogP contribution in [-0.2, 0) is 20.9 Å². The summed E-state index contributed by atoms with van der Waals surface area (Å²) in [6.07, 6.45) is 0.135. The Kier molecular flexibility index (Phi) is 7.29. The number of hydrogen-bond acceptors (Lipinski definition) is 4. The van der Waals surface area contributed by atoms with Crippen LogP contribution in [0, 0.1) is 0 Å². The number of nitrogens with zero attached hydrogens (tertiary/aromatic N) is 1. The molecule has 2 aromatic rings. The summed E-state index contributed by atoms with van der Waals surface area (Å²) in [4.78, 5) is 25.5. The lowest BCUT2D eigenvalue weighted by molar-refractivity contribution is -0.142. The van der Waals surface area contributed by atoms with Gasteiger partial charge >= 0.3 is 5.97 Å². The Balaban J connectivity index is 1.97. The predicted octanol–water partition coefficient (Wildman–Crippen LogP) is 3.31. The molecule has 0 aliphatic rings. The third-order valence-electron chi connectivity index (χ3n) is 3.56. The fourth-order valence-corrected chi connectivity index (χ4v) is 2.32. The van der Waals surface area contributed by atoms with Crippen LogP contribution in [0.2, 0.25) is 5.02 Å². The van der Waals surface area contributed by atoms with Crippen LogP contribution in [0.25, 0.3) is 0 Å². The summed E-state index contributed by atoms with van der Waals surface area (Å²) < 4.78 is 10.2. The highest BCUT2D eigenvalue weighted by molar-refractivity contribution is 6.30. The fraction of sp³-hybridized carbons (Fsp3) is 0.263. The molecular weight excluding hydrogens is 342 g/mol. The molecule has 132 valence electrons. The lowest BCUT2D eigenvalue weighted by Crippen LogP contribution is -2.36. The van der Waals surface area contributed by atoms with Gasteiger partial charge in [0.1, 0.15) is 5.75 Å². The first-order valence-electron chi connectivity index (χ1n) is 7.85. The summed E-state index contributed by atoms with van der Waals surface area (Å²) in [5.41, 5.74) is 0.979. The first kappa shape index (κ1) is 18.8. The van der Waals surface area contributed by atoms with Crippen molar-refractivity contribution in [3.63, 3.8) is 0 Å². The van der Waals surface area contributed by atoms with Crippen molar-refractivity contribution in [2.24, 2.45) is 0 Å². The molecule has 0 N–H and O–H groups in total. The molecule has 0 radical (unpaired) electrons. The second kappa shape index (κ2) is 9.69. The molecule has 0 bridgehead atoms. The average Bonchev–Trinajstić information content (AvgIpc) is 2.64. The van der Waals surface area contributed by atoms with Gasteiger partial charge in [-0.2, -0.15) is 0 Å².